The topological polar surface area (TPSA) is 81.5 Å². The SMILES string of the molecule is CCCOC(C(=O)Nc1ccccc1)[N+](=O)[O-]. The average Bonchev–Trinajstić information content (AvgIpc) is 2.30. The van der Waals surface area contributed by atoms with E-state index < -0.39 is 17.1 Å². The molecule has 0 aliphatic carbocycles. The van der Waals surface area contributed by atoms with Gasteiger partial charge in [-0.15, -0.1) is 0 Å². The maximum absolute atomic E-state index is 11.6. The molecule has 0 radical (unpaired) electrons. The first-order valence-corrected chi connectivity index (χ1v) is 5.26. The van der Waals surface area contributed by atoms with Crippen molar-refractivity contribution in [3.05, 3.63) is 40.4 Å². The second kappa shape index (κ2) is 6.59. The second-order valence-electron chi connectivity index (χ2n) is 3.36. The molecule has 1 rings (SSSR count). The summed E-state index contributed by atoms with van der Waals surface area (Å²) >= 11 is 0. The number of hydrogen-bond donors (Lipinski definition) is 1. The molecule has 1 aromatic carbocycles. The van der Waals surface area contributed by atoms with Gasteiger partial charge < -0.3 is 10.1 Å². The van der Waals surface area contributed by atoms with Crippen LogP contribution in [0, 0.1) is 10.1 Å². The highest BCUT2D eigenvalue weighted by molar-refractivity contribution is 5.92. The van der Waals surface area contributed by atoms with Gasteiger partial charge in [-0.2, -0.15) is 0 Å². The molecule has 0 spiro atoms. The molecular formula is C11H14N2O4. The molecule has 6 heteroatoms. The fourth-order valence-electron chi connectivity index (χ4n) is 1.19. The largest absolute Gasteiger partial charge is 0.395 e. The Kier molecular flexibility index (Phi) is 5.09. The minimum Gasteiger partial charge on any atom is -0.318 e. The first-order chi connectivity index (χ1) is 8.15. The molecule has 1 amide bonds. The van der Waals surface area contributed by atoms with Crippen molar-refractivity contribution in [2.75, 3.05) is 11.9 Å². The van der Waals surface area contributed by atoms with E-state index in [0.717, 1.165) is 0 Å². The highest BCUT2D eigenvalue weighted by atomic mass is 16.7. The van der Waals surface area contributed by atoms with Gasteiger partial charge in [-0.1, -0.05) is 25.1 Å². The number of carbonyl (C=O) groups excluding carboxylic acids is 1. The predicted octanol–water partition coefficient (Wildman–Crippen LogP) is 1.65. The summed E-state index contributed by atoms with van der Waals surface area (Å²) in [5, 5.41) is 13.1. The number of nitrogens with one attached hydrogen (secondary N) is 1. The van der Waals surface area contributed by atoms with Gasteiger partial charge >= 0.3 is 12.1 Å². The fraction of sp³-hybridized carbons (Fsp3) is 0.364. The lowest BCUT2D eigenvalue weighted by Crippen LogP contribution is -2.37. The number of para-hydroxylation sites is 1. The highest BCUT2D eigenvalue weighted by Crippen LogP contribution is 2.07. The van der Waals surface area contributed by atoms with Gasteiger partial charge in [-0.3, -0.25) is 14.9 Å². The minimum atomic E-state index is -1.66. The van der Waals surface area contributed by atoms with Crippen LogP contribution in [0.25, 0.3) is 0 Å². The number of nitrogens with zero attached hydrogens (tertiary/aromatic N) is 1. The molecule has 0 aromatic heterocycles. The summed E-state index contributed by atoms with van der Waals surface area (Å²) in [6.45, 7) is 1.99. The highest BCUT2D eigenvalue weighted by Gasteiger charge is 2.30. The summed E-state index contributed by atoms with van der Waals surface area (Å²) < 4.78 is 4.88. The van der Waals surface area contributed by atoms with Crippen molar-refractivity contribution in [1.82, 2.24) is 0 Å². The minimum absolute atomic E-state index is 0.174. The van der Waals surface area contributed by atoms with Crippen LogP contribution in [0.15, 0.2) is 30.3 Å². The van der Waals surface area contributed by atoms with Crippen molar-refractivity contribution < 1.29 is 14.5 Å². The molecule has 17 heavy (non-hydrogen) atoms. The maximum atomic E-state index is 11.6. The Morgan fingerprint density at radius 1 is 1.47 bits per heavy atom. The molecule has 1 N–H and O–H groups in total. The van der Waals surface area contributed by atoms with Crippen LogP contribution in [0.5, 0.6) is 0 Å². The molecule has 0 bridgehead atoms. The van der Waals surface area contributed by atoms with E-state index in [1.807, 2.05) is 6.92 Å². The summed E-state index contributed by atoms with van der Waals surface area (Å²) in [5.74, 6) is -0.769. The Labute approximate surface area is 98.7 Å². The number of nitro groups is 1. The first kappa shape index (κ1) is 13.1. The summed E-state index contributed by atoms with van der Waals surface area (Å²) in [4.78, 5) is 21.5. The number of carbonyl (C=O) groups is 1. The summed E-state index contributed by atoms with van der Waals surface area (Å²) in [7, 11) is 0. The van der Waals surface area contributed by atoms with Gasteiger partial charge in [-0.05, 0) is 18.6 Å². The second-order valence-corrected chi connectivity index (χ2v) is 3.36. The van der Waals surface area contributed by atoms with Crippen molar-refractivity contribution in [3.8, 4) is 0 Å². The quantitative estimate of drug-likeness (QED) is 0.464. The van der Waals surface area contributed by atoms with Crippen LogP contribution in [0.3, 0.4) is 0 Å². The number of ether oxygens (including phenoxy) is 1. The van der Waals surface area contributed by atoms with Crippen LogP contribution < -0.4 is 5.32 Å². The number of hydrogen-bond acceptors (Lipinski definition) is 4. The van der Waals surface area contributed by atoms with Crippen LogP contribution in [-0.2, 0) is 9.53 Å². The molecule has 1 unspecified atom stereocenters. The molecule has 1 atom stereocenters. The van der Waals surface area contributed by atoms with E-state index in [1.54, 1.807) is 30.3 Å². The zero-order valence-electron chi connectivity index (χ0n) is 9.46. The van der Waals surface area contributed by atoms with E-state index in [2.05, 4.69) is 5.32 Å². The fourth-order valence-corrected chi connectivity index (χ4v) is 1.19. The molecular weight excluding hydrogens is 224 g/mol. The summed E-state index contributed by atoms with van der Waals surface area (Å²) in [6, 6.07) is 8.53. The molecule has 0 saturated carbocycles. The average molecular weight is 238 g/mol. The predicted molar refractivity (Wildman–Crippen MR) is 62.1 cm³/mol. The third kappa shape index (κ3) is 4.20. The van der Waals surface area contributed by atoms with Crippen molar-refractivity contribution >= 4 is 11.6 Å². The van der Waals surface area contributed by atoms with Gasteiger partial charge in [0, 0.05) is 5.69 Å². The lowest BCUT2D eigenvalue weighted by atomic mass is 10.3. The van der Waals surface area contributed by atoms with Crippen molar-refractivity contribution in [2.24, 2.45) is 0 Å². The summed E-state index contributed by atoms with van der Waals surface area (Å²) in [6.07, 6.45) is -1.04. The third-order valence-electron chi connectivity index (χ3n) is 1.94. The molecule has 92 valence electrons. The van der Waals surface area contributed by atoms with E-state index in [9.17, 15) is 14.9 Å². The Morgan fingerprint density at radius 2 is 2.12 bits per heavy atom. The molecule has 0 fully saturated rings. The van der Waals surface area contributed by atoms with Crippen LogP contribution in [0.2, 0.25) is 0 Å². The van der Waals surface area contributed by atoms with Crippen LogP contribution in [-0.4, -0.2) is 23.7 Å². The number of rotatable bonds is 6. The smallest absolute Gasteiger partial charge is 0.318 e. The van der Waals surface area contributed by atoms with E-state index in [-0.39, 0.29) is 6.61 Å². The Hall–Kier alpha value is -1.95. The van der Waals surface area contributed by atoms with Crippen LogP contribution >= 0.6 is 0 Å². The van der Waals surface area contributed by atoms with Gasteiger partial charge in [0.15, 0.2) is 0 Å². The Bertz CT molecular complexity index is 380. The van der Waals surface area contributed by atoms with Crippen LogP contribution in [0.4, 0.5) is 5.69 Å². The first-order valence-electron chi connectivity index (χ1n) is 5.26. The van der Waals surface area contributed by atoms with E-state index in [1.165, 1.54) is 0 Å². The zero-order chi connectivity index (χ0) is 12.7. The molecule has 0 saturated heterocycles. The number of anilines is 1. The van der Waals surface area contributed by atoms with Gasteiger partial charge in [0.05, 0.1) is 11.5 Å². The van der Waals surface area contributed by atoms with Gasteiger partial charge in [0.25, 0.3) is 0 Å². The molecule has 1 aromatic rings. The van der Waals surface area contributed by atoms with E-state index >= 15 is 0 Å². The summed E-state index contributed by atoms with van der Waals surface area (Å²) in [5.41, 5.74) is 0.504. The number of benzene rings is 1. The normalized spacial score (nSPS) is 11.8. The van der Waals surface area contributed by atoms with Gasteiger partial charge in [0.2, 0.25) is 0 Å². The van der Waals surface area contributed by atoms with Crippen LogP contribution in [0.1, 0.15) is 13.3 Å². The van der Waals surface area contributed by atoms with Gasteiger partial charge in [-0.25, -0.2) is 0 Å². The molecule has 0 aliphatic rings. The lowest BCUT2D eigenvalue weighted by molar-refractivity contribution is -0.557. The van der Waals surface area contributed by atoms with Gasteiger partial charge in [0.1, 0.15) is 0 Å². The lowest BCUT2D eigenvalue weighted by Gasteiger charge is -2.10. The Morgan fingerprint density at radius 3 is 2.65 bits per heavy atom. The number of amides is 1. The molecule has 0 aliphatic heterocycles. The Balaban J connectivity index is 2.62. The van der Waals surface area contributed by atoms with E-state index in [0.29, 0.717) is 12.1 Å². The molecule has 6 nitrogen and oxygen atoms in total. The monoisotopic (exact) mass is 238 g/mol. The van der Waals surface area contributed by atoms with Crippen molar-refractivity contribution in [3.63, 3.8) is 0 Å². The standard InChI is InChI=1S/C11H14N2O4/c1-2-8-17-11(13(15)16)10(14)12-9-6-4-3-5-7-9/h3-7,11H,2,8H2,1H3,(H,12,14). The zero-order valence-corrected chi connectivity index (χ0v) is 9.46. The van der Waals surface area contributed by atoms with Crippen molar-refractivity contribution in [1.29, 1.82) is 0 Å². The van der Waals surface area contributed by atoms with Crippen molar-refractivity contribution in [2.45, 2.75) is 19.6 Å². The molecule has 0 heterocycles. The van der Waals surface area contributed by atoms with E-state index in [4.69, 9.17) is 4.74 Å². The maximum Gasteiger partial charge on any atom is 0.395 e. The third-order valence-corrected chi connectivity index (χ3v) is 1.94.